The number of tetrazole rings is 1. The van der Waals surface area contributed by atoms with Gasteiger partial charge in [0.15, 0.2) is 0 Å². The molecule has 2 heterocycles. The molecule has 2 atom stereocenters. The molecule has 0 bridgehead atoms. The van der Waals surface area contributed by atoms with Crippen molar-refractivity contribution in [3.05, 3.63) is 36.2 Å². The Morgan fingerprint density at radius 1 is 1.41 bits per heavy atom. The number of ether oxygens (including phenoxy) is 2. The Morgan fingerprint density at radius 2 is 2.23 bits per heavy atom. The van der Waals surface area contributed by atoms with Crippen molar-refractivity contribution in [2.45, 2.75) is 18.6 Å². The van der Waals surface area contributed by atoms with E-state index in [1.165, 1.54) is 6.33 Å². The van der Waals surface area contributed by atoms with Crippen LogP contribution in [0, 0.1) is 0 Å². The van der Waals surface area contributed by atoms with Crippen LogP contribution in [0.3, 0.4) is 0 Å². The summed E-state index contributed by atoms with van der Waals surface area (Å²) in [6.07, 6.45) is 1.75. The summed E-state index contributed by atoms with van der Waals surface area (Å²) < 4.78 is 12.1. The topological polar surface area (TPSA) is 91.2 Å². The van der Waals surface area contributed by atoms with Crippen LogP contribution in [0.1, 0.15) is 5.56 Å². The number of nitrogens with zero attached hydrogens (tertiary/aromatic N) is 4. The van der Waals surface area contributed by atoms with Gasteiger partial charge in [-0.2, -0.15) is 0 Å². The Kier molecular flexibility index (Phi) is 4.40. The SMILES string of the molecule is CO[C@@H]1COC[C@H]1NC(=O)Cc1ccc(-n2cnnn2)cc1. The third-order valence-corrected chi connectivity index (χ3v) is 3.59. The molecule has 0 unspecified atom stereocenters. The van der Waals surface area contributed by atoms with Crippen LogP contribution in [-0.4, -0.2) is 58.6 Å². The lowest BCUT2D eigenvalue weighted by molar-refractivity contribution is -0.121. The predicted octanol–water partition coefficient (Wildman–Crippen LogP) is -0.265. The molecule has 1 saturated heterocycles. The Labute approximate surface area is 127 Å². The lowest BCUT2D eigenvalue weighted by atomic mass is 10.1. The zero-order chi connectivity index (χ0) is 15.4. The van der Waals surface area contributed by atoms with Gasteiger partial charge in [-0.15, -0.1) is 5.10 Å². The number of nitrogens with one attached hydrogen (secondary N) is 1. The molecule has 0 aliphatic carbocycles. The van der Waals surface area contributed by atoms with E-state index in [2.05, 4.69) is 20.8 Å². The number of hydrogen-bond acceptors (Lipinski definition) is 6. The number of aromatic nitrogens is 4. The quantitative estimate of drug-likeness (QED) is 0.818. The highest BCUT2D eigenvalue weighted by Gasteiger charge is 2.29. The minimum atomic E-state index is -0.0852. The van der Waals surface area contributed by atoms with Crippen LogP contribution >= 0.6 is 0 Å². The molecule has 22 heavy (non-hydrogen) atoms. The predicted molar refractivity (Wildman–Crippen MR) is 76.4 cm³/mol. The van der Waals surface area contributed by atoms with Crippen LogP contribution in [0.25, 0.3) is 5.69 Å². The summed E-state index contributed by atoms with van der Waals surface area (Å²) >= 11 is 0. The van der Waals surface area contributed by atoms with Gasteiger partial charge in [-0.1, -0.05) is 12.1 Å². The molecule has 2 aromatic rings. The number of benzene rings is 1. The number of carbonyl (C=O) groups is 1. The van der Waals surface area contributed by atoms with E-state index in [9.17, 15) is 4.79 Å². The third-order valence-electron chi connectivity index (χ3n) is 3.59. The second kappa shape index (κ2) is 6.63. The molecule has 0 spiro atoms. The maximum absolute atomic E-state index is 12.1. The summed E-state index contributed by atoms with van der Waals surface area (Å²) in [6, 6.07) is 7.43. The summed E-state index contributed by atoms with van der Waals surface area (Å²) in [7, 11) is 1.62. The highest BCUT2D eigenvalue weighted by atomic mass is 16.5. The van der Waals surface area contributed by atoms with Gasteiger partial charge in [0.25, 0.3) is 0 Å². The zero-order valence-electron chi connectivity index (χ0n) is 12.2. The van der Waals surface area contributed by atoms with E-state index in [1.54, 1.807) is 11.8 Å². The van der Waals surface area contributed by atoms with Crippen LogP contribution in [0.2, 0.25) is 0 Å². The first-order valence-corrected chi connectivity index (χ1v) is 6.98. The molecule has 3 rings (SSSR count). The van der Waals surface area contributed by atoms with E-state index >= 15 is 0 Å². The molecule has 1 fully saturated rings. The Balaban J connectivity index is 1.57. The number of rotatable bonds is 5. The lowest BCUT2D eigenvalue weighted by Gasteiger charge is -2.17. The molecule has 1 aromatic heterocycles. The van der Waals surface area contributed by atoms with E-state index < -0.39 is 0 Å². The summed E-state index contributed by atoms with van der Waals surface area (Å²) in [5.41, 5.74) is 1.76. The van der Waals surface area contributed by atoms with Gasteiger partial charge in [0.05, 0.1) is 31.4 Å². The fourth-order valence-electron chi connectivity index (χ4n) is 2.39. The highest BCUT2D eigenvalue weighted by Crippen LogP contribution is 2.11. The van der Waals surface area contributed by atoms with Gasteiger partial charge in [0.1, 0.15) is 12.4 Å². The van der Waals surface area contributed by atoms with Gasteiger partial charge in [-0.05, 0) is 28.1 Å². The first-order chi connectivity index (χ1) is 10.8. The van der Waals surface area contributed by atoms with E-state index in [0.29, 0.717) is 19.6 Å². The zero-order valence-corrected chi connectivity index (χ0v) is 12.2. The van der Waals surface area contributed by atoms with Crippen molar-refractivity contribution < 1.29 is 14.3 Å². The summed E-state index contributed by atoms with van der Waals surface area (Å²) in [6.45, 7) is 1.00. The van der Waals surface area contributed by atoms with Crippen molar-refractivity contribution in [1.82, 2.24) is 25.5 Å². The molecule has 0 saturated carbocycles. The molecule has 8 heteroatoms. The van der Waals surface area contributed by atoms with E-state index in [-0.39, 0.29) is 18.1 Å². The third kappa shape index (κ3) is 3.29. The van der Waals surface area contributed by atoms with E-state index in [4.69, 9.17) is 9.47 Å². The van der Waals surface area contributed by atoms with Gasteiger partial charge in [0.2, 0.25) is 5.91 Å². The van der Waals surface area contributed by atoms with E-state index in [0.717, 1.165) is 11.3 Å². The minimum Gasteiger partial charge on any atom is -0.377 e. The average molecular weight is 303 g/mol. The van der Waals surface area contributed by atoms with Crippen LogP contribution < -0.4 is 5.32 Å². The second-order valence-electron chi connectivity index (χ2n) is 5.08. The molecule has 116 valence electrons. The van der Waals surface area contributed by atoms with Crippen LogP contribution in [0.5, 0.6) is 0 Å². The van der Waals surface area contributed by atoms with Gasteiger partial charge in [-0.25, -0.2) is 4.68 Å². The molecule has 0 radical (unpaired) electrons. The fourth-order valence-corrected chi connectivity index (χ4v) is 2.39. The summed E-state index contributed by atoms with van der Waals surface area (Å²) in [5, 5.41) is 13.9. The molecular formula is C14H17N5O3. The summed E-state index contributed by atoms with van der Waals surface area (Å²) in [4.78, 5) is 12.1. The monoisotopic (exact) mass is 303 g/mol. The summed E-state index contributed by atoms with van der Waals surface area (Å²) in [5.74, 6) is -0.0484. The Morgan fingerprint density at radius 3 is 2.91 bits per heavy atom. The van der Waals surface area contributed by atoms with Crippen LogP contribution in [0.15, 0.2) is 30.6 Å². The molecule has 1 amide bonds. The molecule has 8 nitrogen and oxygen atoms in total. The Bertz CT molecular complexity index is 614. The molecular weight excluding hydrogens is 286 g/mol. The number of hydrogen-bond donors (Lipinski definition) is 1. The standard InChI is InChI=1S/C14H17N5O3/c1-21-13-8-22-7-12(13)16-14(20)6-10-2-4-11(5-3-10)19-9-15-17-18-19/h2-5,9,12-13H,6-8H2,1H3,(H,16,20)/t12-,13-/m1/s1. The van der Waals surface area contributed by atoms with Crippen molar-refractivity contribution in [2.24, 2.45) is 0 Å². The molecule has 1 N–H and O–H groups in total. The number of carbonyl (C=O) groups excluding carboxylic acids is 1. The van der Waals surface area contributed by atoms with Crippen molar-refractivity contribution >= 4 is 5.91 Å². The van der Waals surface area contributed by atoms with Gasteiger partial charge in [0, 0.05) is 7.11 Å². The highest BCUT2D eigenvalue weighted by molar-refractivity contribution is 5.79. The smallest absolute Gasteiger partial charge is 0.224 e. The second-order valence-corrected chi connectivity index (χ2v) is 5.08. The van der Waals surface area contributed by atoms with Gasteiger partial charge in [-0.3, -0.25) is 4.79 Å². The fraction of sp³-hybridized carbons (Fsp3) is 0.429. The van der Waals surface area contributed by atoms with Gasteiger partial charge >= 0.3 is 0 Å². The maximum atomic E-state index is 12.1. The largest absolute Gasteiger partial charge is 0.377 e. The molecule has 1 aliphatic rings. The van der Waals surface area contributed by atoms with E-state index in [1.807, 2.05) is 24.3 Å². The number of methoxy groups -OCH3 is 1. The van der Waals surface area contributed by atoms with Crippen molar-refractivity contribution in [3.63, 3.8) is 0 Å². The number of amides is 1. The Hall–Kier alpha value is -2.32. The van der Waals surface area contributed by atoms with Crippen molar-refractivity contribution in [3.8, 4) is 5.69 Å². The average Bonchev–Trinajstić information content (AvgIpc) is 3.19. The molecule has 1 aromatic carbocycles. The van der Waals surface area contributed by atoms with Crippen LogP contribution in [-0.2, 0) is 20.7 Å². The maximum Gasteiger partial charge on any atom is 0.224 e. The van der Waals surface area contributed by atoms with Crippen molar-refractivity contribution in [1.29, 1.82) is 0 Å². The van der Waals surface area contributed by atoms with Gasteiger partial charge < -0.3 is 14.8 Å². The van der Waals surface area contributed by atoms with Crippen molar-refractivity contribution in [2.75, 3.05) is 20.3 Å². The van der Waals surface area contributed by atoms with Crippen LogP contribution in [0.4, 0.5) is 0 Å². The normalized spacial score (nSPS) is 21.0. The first-order valence-electron chi connectivity index (χ1n) is 6.98. The minimum absolute atomic E-state index is 0.0484. The first kappa shape index (κ1) is 14.6. The molecule has 1 aliphatic heterocycles. The lowest BCUT2D eigenvalue weighted by Crippen LogP contribution is -2.44.